The number of benzene rings is 1. The molecule has 7 heteroatoms. The van der Waals surface area contributed by atoms with Gasteiger partial charge in [-0.05, 0) is 37.0 Å². The highest BCUT2D eigenvalue weighted by Gasteiger charge is 2.28. The summed E-state index contributed by atoms with van der Waals surface area (Å²) >= 11 is 0. The van der Waals surface area contributed by atoms with Gasteiger partial charge in [-0.25, -0.2) is 0 Å². The van der Waals surface area contributed by atoms with Crippen LogP contribution in [0, 0.1) is 0 Å². The van der Waals surface area contributed by atoms with Gasteiger partial charge in [0.25, 0.3) is 0 Å². The maximum absolute atomic E-state index is 12.0. The fourth-order valence-electron chi connectivity index (χ4n) is 2.24. The molecule has 1 amide bonds. The van der Waals surface area contributed by atoms with Gasteiger partial charge in [0.05, 0.1) is 6.04 Å². The average Bonchev–Trinajstić information content (AvgIpc) is 2.68. The predicted molar refractivity (Wildman–Crippen MR) is 75.5 cm³/mol. The van der Waals surface area contributed by atoms with Crippen LogP contribution in [0.25, 0.3) is 0 Å². The van der Waals surface area contributed by atoms with Crippen molar-refractivity contribution in [2.24, 2.45) is 0 Å². The number of halogens is 3. The van der Waals surface area contributed by atoms with Gasteiger partial charge in [-0.3, -0.25) is 4.79 Å². The van der Waals surface area contributed by atoms with Crippen molar-refractivity contribution < 1.29 is 22.7 Å². The van der Waals surface area contributed by atoms with E-state index in [1.807, 2.05) is 0 Å². The minimum absolute atomic E-state index is 0.00244. The first-order valence-electron chi connectivity index (χ1n) is 7.24. The lowest BCUT2D eigenvalue weighted by Gasteiger charge is -2.15. The highest BCUT2D eigenvalue weighted by Crippen LogP contribution is 2.19. The Labute approximate surface area is 127 Å². The summed E-state index contributed by atoms with van der Waals surface area (Å²) in [5.74, 6) is 0.177. The van der Waals surface area contributed by atoms with Crippen molar-refractivity contribution in [2.75, 3.05) is 13.2 Å². The first kappa shape index (κ1) is 16.6. The Hall–Kier alpha value is -1.76. The maximum atomic E-state index is 12.0. The van der Waals surface area contributed by atoms with E-state index < -0.39 is 12.8 Å². The zero-order valence-corrected chi connectivity index (χ0v) is 12.1. The number of hydrogen-bond donors (Lipinski definition) is 2. The third kappa shape index (κ3) is 5.55. The molecular weight excluding hydrogens is 297 g/mol. The SMILES string of the molecule is O=C1NCCCC[C@H]1NCc1ccc(OCC(F)(F)F)cc1. The van der Waals surface area contributed by atoms with Crippen molar-refractivity contribution in [1.82, 2.24) is 10.6 Å². The van der Waals surface area contributed by atoms with Gasteiger partial charge in [-0.2, -0.15) is 13.2 Å². The summed E-state index contributed by atoms with van der Waals surface area (Å²) in [5.41, 5.74) is 0.886. The van der Waals surface area contributed by atoms with E-state index in [0.29, 0.717) is 13.1 Å². The smallest absolute Gasteiger partial charge is 0.422 e. The number of carbonyl (C=O) groups is 1. The molecule has 1 saturated heterocycles. The summed E-state index contributed by atoms with van der Waals surface area (Å²) < 4.78 is 40.8. The normalized spacial score (nSPS) is 19.4. The van der Waals surface area contributed by atoms with Gasteiger partial charge in [0.1, 0.15) is 5.75 Å². The summed E-state index contributed by atoms with van der Waals surface area (Å²) in [6, 6.07) is 6.15. The summed E-state index contributed by atoms with van der Waals surface area (Å²) in [6.07, 6.45) is -1.58. The third-order valence-electron chi connectivity index (χ3n) is 3.41. The molecule has 0 radical (unpaired) electrons. The van der Waals surface area contributed by atoms with Crippen molar-refractivity contribution in [3.8, 4) is 5.75 Å². The lowest BCUT2D eigenvalue weighted by molar-refractivity contribution is -0.153. The van der Waals surface area contributed by atoms with Crippen LogP contribution >= 0.6 is 0 Å². The van der Waals surface area contributed by atoms with Crippen LogP contribution in [0.15, 0.2) is 24.3 Å². The van der Waals surface area contributed by atoms with E-state index in [9.17, 15) is 18.0 Å². The van der Waals surface area contributed by atoms with E-state index in [1.54, 1.807) is 12.1 Å². The number of carbonyl (C=O) groups excluding carboxylic acids is 1. The van der Waals surface area contributed by atoms with Crippen LogP contribution < -0.4 is 15.4 Å². The molecule has 1 aromatic carbocycles. The van der Waals surface area contributed by atoms with Crippen LogP contribution in [0.2, 0.25) is 0 Å². The Kier molecular flexibility index (Phi) is 5.65. The predicted octanol–water partition coefficient (Wildman–Crippen LogP) is 2.39. The molecule has 122 valence electrons. The van der Waals surface area contributed by atoms with Crippen molar-refractivity contribution in [2.45, 2.75) is 38.0 Å². The lowest BCUT2D eigenvalue weighted by Crippen LogP contribution is -2.42. The van der Waals surface area contributed by atoms with Crippen molar-refractivity contribution in [3.63, 3.8) is 0 Å². The van der Waals surface area contributed by atoms with Gasteiger partial charge < -0.3 is 15.4 Å². The van der Waals surface area contributed by atoms with Crippen LogP contribution in [0.3, 0.4) is 0 Å². The van der Waals surface area contributed by atoms with Gasteiger partial charge in [0.2, 0.25) is 5.91 Å². The molecular formula is C15H19F3N2O2. The summed E-state index contributed by atoms with van der Waals surface area (Å²) in [7, 11) is 0. The average molecular weight is 316 g/mol. The van der Waals surface area contributed by atoms with Gasteiger partial charge in [0, 0.05) is 13.1 Å². The number of rotatable bonds is 5. The molecule has 0 spiro atoms. The zero-order chi connectivity index (χ0) is 16.0. The molecule has 1 aromatic rings. The third-order valence-corrected chi connectivity index (χ3v) is 3.41. The largest absolute Gasteiger partial charge is 0.484 e. The van der Waals surface area contributed by atoms with Crippen molar-refractivity contribution >= 4 is 5.91 Å². The second-order valence-electron chi connectivity index (χ2n) is 5.27. The molecule has 1 fully saturated rings. The number of alkyl halides is 3. The van der Waals surface area contributed by atoms with Crippen molar-refractivity contribution in [3.05, 3.63) is 29.8 Å². The molecule has 22 heavy (non-hydrogen) atoms. The monoisotopic (exact) mass is 316 g/mol. The quantitative estimate of drug-likeness (QED) is 0.877. The minimum Gasteiger partial charge on any atom is -0.484 e. The molecule has 0 aliphatic carbocycles. The Morgan fingerprint density at radius 1 is 1.23 bits per heavy atom. The van der Waals surface area contributed by atoms with E-state index in [4.69, 9.17) is 0 Å². The number of amides is 1. The second kappa shape index (κ2) is 7.49. The molecule has 0 bridgehead atoms. The van der Waals surface area contributed by atoms with Crippen LogP contribution in [0.4, 0.5) is 13.2 Å². The number of ether oxygens (including phenoxy) is 1. The van der Waals surface area contributed by atoms with Gasteiger partial charge in [-0.15, -0.1) is 0 Å². The van der Waals surface area contributed by atoms with Crippen LogP contribution in [0.5, 0.6) is 5.75 Å². The maximum Gasteiger partial charge on any atom is 0.422 e. The van der Waals surface area contributed by atoms with Crippen LogP contribution in [-0.4, -0.2) is 31.3 Å². The second-order valence-corrected chi connectivity index (χ2v) is 5.27. The standard InChI is InChI=1S/C15H19F3N2O2/c16-15(17,18)10-22-12-6-4-11(5-7-12)9-20-13-3-1-2-8-19-14(13)21/h4-7,13,20H,1-3,8-10H2,(H,19,21)/t13-/m1/s1. The molecule has 1 atom stereocenters. The fraction of sp³-hybridized carbons (Fsp3) is 0.533. The van der Waals surface area contributed by atoms with Gasteiger partial charge in [-0.1, -0.05) is 12.1 Å². The first-order chi connectivity index (χ1) is 10.4. The van der Waals surface area contributed by atoms with Crippen LogP contribution in [-0.2, 0) is 11.3 Å². The highest BCUT2D eigenvalue weighted by molar-refractivity contribution is 5.81. The molecule has 0 aromatic heterocycles. The minimum atomic E-state index is -4.34. The molecule has 0 unspecified atom stereocenters. The Bertz CT molecular complexity index is 489. The highest BCUT2D eigenvalue weighted by atomic mass is 19.4. The molecule has 0 saturated carbocycles. The molecule has 4 nitrogen and oxygen atoms in total. The molecule has 1 aliphatic rings. The number of nitrogens with one attached hydrogen (secondary N) is 2. The Morgan fingerprint density at radius 2 is 1.95 bits per heavy atom. The molecule has 1 heterocycles. The Morgan fingerprint density at radius 3 is 2.64 bits per heavy atom. The number of hydrogen-bond acceptors (Lipinski definition) is 3. The van der Waals surface area contributed by atoms with E-state index in [1.165, 1.54) is 12.1 Å². The van der Waals surface area contributed by atoms with Crippen molar-refractivity contribution in [1.29, 1.82) is 0 Å². The van der Waals surface area contributed by atoms with Crippen LogP contribution in [0.1, 0.15) is 24.8 Å². The van der Waals surface area contributed by atoms with E-state index in [0.717, 1.165) is 24.8 Å². The van der Waals surface area contributed by atoms with E-state index in [2.05, 4.69) is 15.4 Å². The summed E-state index contributed by atoms with van der Waals surface area (Å²) in [5, 5.41) is 6.01. The fourth-order valence-corrected chi connectivity index (χ4v) is 2.24. The van der Waals surface area contributed by atoms with Gasteiger partial charge >= 0.3 is 6.18 Å². The first-order valence-corrected chi connectivity index (χ1v) is 7.24. The van der Waals surface area contributed by atoms with E-state index in [-0.39, 0.29) is 17.7 Å². The molecule has 2 rings (SSSR count). The summed E-state index contributed by atoms with van der Waals surface area (Å²) in [4.78, 5) is 11.8. The van der Waals surface area contributed by atoms with Gasteiger partial charge in [0.15, 0.2) is 6.61 Å². The van der Waals surface area contributed by atoms with E-state index >= 15 is 0 Å². The molecule has 2 N–H and O–H groups in total. The topological polar surface area (TPSA) is 50.4 Å². The summed E-state index contributed by atoms with van der Waals surface area (Å²) in [6.45, 7) is -0.104. The Balaban J connectivity index is 1.82. The molecule has 1 aliphatic heterocycles. The lowest BCUT2D eigenvalue weighted by atomic mass is 10.1. The zero-order valence-electron chi connectivity index (χ0n) is 12.1.